The van der Waals surface area contributed by atoms with Gasteiger partial charge in [-0.15, -0.1) is 0 Å². The number of aromatic amines is 1. The van der Waals surface area contributed by atoms with Crippen molar-refractivity contribution < 1.29 is 18.7 Å². The number of halogens is 1. The van der Waals surface area contributed by atoms with Crippen LogP contribution in [0.25, 0.3) is 11.6 Å². The normalized spacial score (nSPS) is 19.9. The summed E-state index contributed by atoms with van der Waals surface area (Å²) in [5.74, 6) is -0.843. The first kappa shape index (κ1) is 20.7. The number of carbonyl (C=O) groups excluding carboxylic acids is 2. The van der Waals surface area contributed by atoms with Gasteiger partial charge >= 0.3 is 0 Å². The second-order valence-electron chi connectivity index (χ2n) is 8.44. The SMILES string of the molecule is Cc1c(/C=C2\C(=O)Nc3c(N)cc(F)cc32)[nH]c2c1C(=O)N(CCN1CCOCC1)CC2. The number of nitrogen functional groups attached to an aromatic ring is 1. The molecule has 168 valence electrons. The molecule has 9 heteroatoms. The molecule has 1 fully saturated rings. The number of anilines is 2. The zero-order chi connectivity index (χ0) is 22.4. The zero-order valence-electron chi connectivity index (χ0n) is 18.0. The first-order chi connectivity index (χ1) is 15.4. The summed E-state index contributed by atoms with van der Waals surface area (Å²) in [5.41, 5.74) is 10.2. The number of H-pyrrole nitrogens is 1. The van der Waals surface area contributed by atoms with E-state index in [4.69, 9.17) is 10.5 Å². The number of hydrogen-bond acceptors (Lipinski definition) is 5. The number of morpholine rings is 1. The maximum Gasteiger partial charge on any atom is 0.256 e. The van der Waals surface area contributed by atoms with Gasteiger partial charge in [0.2, 0.25) is 0 Å². The smallest absolute Gasteiger partial charge is 0.256 e. The number of aromatic nitrogens is 1. The standard InChI is InChI=1S/C23H26FN5O3/c1-13-19(12-16-15-10-14(24)11-17(25)21(15)27-22(16)30)26-18-2-3-29(23(31)20(13)18)5-4-28-6-8-32-9-7-28/h10-12,26H,2-9,25H2,1H3,(H,27,30)/b16-12-. The summed E-state index contributed by atoms with van der Waals surface area (Å²) in [7, 11) is 0. The van der Waals surface area contributed by atoms with Crippen molar-refractivity contribution in [1.82, 2.24) is 14.8 Å². The molecule has 1 aromatic heterocycles. The third kappa shape index (κ3) is 3.57. The summed E-state index contributed by atoms with van der Waals surface area (Å²) >= 11 is 0. The highest BCUT2D eigenvalue weighted by molar-refractivity contribution is 6.36. The van der Waals surface area contributed by atoms with Crippen molar-refractivity contribution in [1.29, 1.82) is 0 Å². The Balaban J connectivity index is 1.40. The molecule has 0 saturated carbocycles. The Hall–Kier alpha value is -3.17. The van der Waals surface area contributed by atoms with Crippen molar-refractivity contribution in [2.24, 2.45) is 0 Å². The number of carbonyl (C=O) groups is 2. The Labute approximate surface area is 185 Å². The molecule has 4 heterocycles. The number of rotatable bonds is 4. The third-order valence-electron chi connectivity index (χ3n) is 6.48. The van der Waals surface area contributed by atoms with Gasteiger partial charge in [0, 0.05) is 56.1 Å². The molecule has 0 atom stereocenters. The summed E-state index contributed by atoms with van der Waals surface area (Å²) < 4.78 is 19.3. The summed E-state index contributed by atoms with van der Waals surface area (Å²) in [4.78, 5) is 33.3. The summed E-state index contributed by atoms with van der Waals surface area (Å²) in [6, 6.07) is 2.48. The third-order valence-corrected chi connectivity index (χ3v) is 6.48. The molecule has 0 spiro atoms. The van der Waals surface area contributed by atoms with Crippen LogP contribution in [0.2, 0.25) is 0 Å². The number of hydrogen-bond donors (Lipinski definition) is 3. The Kier molecular flexibility index (Phi) is 5.22. The van der Waals surface area contributed by atoms with Crippen LogP contribution in [0.1, 0.15) is 32.9 Å². The van der Waals surface area contributed by atoms with Crippen LogP contribution in [0.5, 0.6) is 0 Å². The van der Waals surface area contributed by atoms with E-state index >= 15 is 0 Å². The number of ether oxygens (including phenoxy) is 1. The van der Waals surface area contributed by atoms with E-state index in [1.54, 1.807) is 6.08 Å². The minimum atomic E-state index is -0.503. The largest absolute Gasteiger partial charge is 0.397 e. The number of fused-ring (bicyclic) bond motifs is 2. The number of amides is 2. The van der Waals surface area contributed by atoms with Crippen molar-refractivity contribution in [2.75, 3.05) is 57.0 Å². The van der Waals surface area contributed by atoms with E-state index < -0.39 is 5.82 Å². The molecule has 32 heavy (non-hydrogen) atoms. The first-order valence-electron chi connectivity index (χ1n) is 10.9. The van der Waals surface area contributed by atoms with Crippen LogP contribution in [-0.2, 0) is 16.0 Å². The predicted octanol–water partition coefficient (Wildman–Crippen LogP) is 1.87. The average Bonchev–Trinajstić information content (AvgIpc) is 3.26. The minimum Gasteiger partial charge on any atom is -0.397 e. The topological polar surface area (TPSA) is 104 Å². The Morgan fingerprint density at radius 3 is 2.75 bits per heavy atom. The Bertz CT molecular complexity index is 1130. The molecule has 0 radical (unpaired) electrons. The average molecular weight is 439 g/mol. The fourth-order valence-electron chi connectivity index (χ4n) is 4.68. The van der Waals surface area contributed by atoms with Crippen molar-refractivity contribution in [3.63, 3.8) is 0 Å². The zero-order valence-corrected chi connectivity index (χ0v) is 18.0. The van der Waals surface area contributed by atoms with Crippen molar-refractivity contribution in [3.05, 3.63) is 46.0 Å². The van der Waals surface area contributed by atoms with Crippen LogP contribution in [0.3, 0.4) is 0 Å². The molecule has 0 bridgehead atoms. The maximum absolute atomic E-state index is 13.9. The molecule has 0 unspecified atom stereocenters. The molecule has 2 amide bonds. The molecule has 5 rings (SSSR count). The van der Waals surface area contributed by atoms with Crippen LogP contribution < -0.4 is 11.1 Å². The predicted molar refractivity (Wildman–Crippen MR) is 120 cm³/mol. The summed E-state index contributed by atoms with van der Waals surface area (Å²) in [6.45, 7) is 7.28. The van der Waals surface area contributed by atoms with E-state index in [2.05, 4.69) is 15.2 Å². The molecule has 3 aliphatic rings. The van der Waals surface area contributed by atoms with E-state index in [1.165, 1.54) is 12.1 Å². The van der Waals surface area contributed by atoms with Gasteiger partial charge in [-0.05, 0) is 30.7 Å². The maximum atomic E-state index is 13.9. The fraction of sp³-hybridized carbons (Fsp3) is 0.391. The van der Waals surface area contributed by atoms with Gasteiger partial charge in [0.25, 0.3) is 11.8 Å². The van der Waals surface area contributed by atoms with Gasteiger partial charge < -0.3 is 25.7 Å². The number of nitrogens with one attached hydrogen (secondary N) is 2. The Morgan fingerprint density at radius 1 is 1.19 bits per heavy atom. The molecule has 2 aromatic rings. The molecule has 3 aliphatic heterocycles. The van der Waals surface area contributed by atoms with Gasteiger partial charge in [0.05, 0.1) is 35.7 Å². The minimum absolute atomic E-state index is 0.00414. The van der Waals surface area contributed by atoms with Gasteiger partial charge in [0.15, 0.2) is 0 Å². The molecular formula is C23H26FN5O3. The highest BCUT2D eigenvalue weighted by Crippen LogP contribution is 2.38. The molecule has 0 aliphatic carbocycles. The lowest BCUT2D eigenvalue weighted by Gasteiger charge is -2.32. The van der Waals surface area contributed by atoms with Gasteiger partial charge in [0.1, 0.15) is 5.82 Å². The first-order valence-corrected chi connectivity index (χ1v) is 10.9. The number of benzene rings is 1. The second-order valence-corrected chi connectivity index (χ2v) is 8.44. The van der Waals surface area contributed by atoms with Gasteiger partial charge in [-0.3, -0.25) is 14.5 Å². The van der Waals surface area contributed by atoms with E-state index in [0.29, 0.717) is 41.2 Å². The van der Waals surface area contributed by atoms with Crippen molar-refractivity contribution in [3.8, 4) is 0 Å². The highest BCUT2D eigenvalue weighted by Gasteiger charge is 2.31. The van der Waals surface area contributed by atoms with Crippen LogP contribution in [0, 0.1) is 12.7 Å². The fourth-order valence-corrected chi connectivity index (χ4v) is 4.68. The number of nitrogens with zero attached hydrogens (tertiary/aromatic N) is 2. The van der Waals surface area contributed by atoms with Crippen LogP contribution in [0.4, 0.5) is 15.8 Å². The molecular weight excluding hydrogens is 413 g/mol. The van der Waals surface area contributed by atoms with Gasteiger partial charge in [-0.2, -0.15) is 0 Å². The lowest BCUT2D eigenvalue weighted by molar-refractivity contribution is -0.110. The van der Waals surface area contributed by atoms with Crippen molar-refractivity contribution >= 4 is 34.8 Å². The molecule has 8 nitrogen and oxygen atoms in total. The monoisotopic (exact) mass is 439 g/mol. The van der Waals surface area contributed by atoms with E-state index in [-0.39, 0.29) is 17.5 Å². The lowest BCUT2D eigenvalue weighted by atomic mass is 10.0. The van der Waals surface area contributed by atoms with E-state index in [1.807, 2.05) is 11.8 Å². The van der Waals surface area contributed by atoms with E-state index in [0.717, 1.165) is 50.5 Å². The second kappa shape index (κ2) is 8.07. The van der Waals surface area contributed by atoms with Crippen LogP contribution in [-0.4, -0.2) is 72.5 Å². The molecule has 1 saturated heterocycles. The van der Waals surface area contributed by atoms with E-state index in [9.17, 15) is 14.0 Å². The lowest BCUT2D eigenvalue weighted by Crippen LogP contribution is -2.45. The van der Waals surface area contributed by atoms with Crippen molar-refractivity contribution in [2.45, 2.75) is 13.3 Å². The molecule has 4 N–H and O–H groups in total. The van der Waals surface area contributed by atoms with Crippen LogP contribution >= 0.6 is 0 Å². The summed E-state index contributed by atoms with van der Waals surface area (Å²) in [5, 5.41) is 2.71. The quantitative estimate of drug-likeness (QED) is 0.499. The van der Waals surface area contributed by atoms with Gasteiger partial charge in [-0.25, -0.2) is 4.39 Å². The van der Waals surface area contributed by atoms with Gasteiger partial charge in [-0.1, -0.05) is 0 Å². The molecule has 1 aromatic carbocycles. The van der Waals surface area contributed by atoms with Crippen LogP contribution in [0.15, 0.2) is 12.1 Å². The summed E-state index contributed by atoms with van der Waals surface area (Å²) in [6.07, 6.45) is 2.40. The highest BCUT2D eigenvalue weighted by atomic mass is 19.1. The Morgan fingerprint density at radius 2 is 1.97 bits per heavy atom. The number of nitrogens with two attached hydrogens (primary N) is 1.